The number of carbonyl (C=O) groups excluding carboxylic acids is 2. The Kier molecular flexibility index (Phi) is 6.01. The normalized spacial score (nSPS) is 14.4. The Morgan fingerprint density at radius 2 is 2.04 bits per heavy atom. The van der Waals surface area contributed by atoms with Gasteiger partial charge in [0.1, 0.15) is 5.69 Å². The second kappa shape index (κ2) is 8.02. The molecule has 0 bridgehead atoms. The Balaban J connectivity index is 1.86. The van der Waals surface area contributed by atoms with Gasteiger partial charge in [0, 0.05) is 32.1 Å². The zero-order valence-corrected chi connectivity index (χ0v) is 13.6. The van der Waals surface area contributed by atoms with E-state index in [0.29, 0.717) is 25.5 Å². The van der Waals surface area contributed by atoms with Crippen molar-refractivity contribution >= 4 is 23.2 Å². The van der Waals surface area contributed by atoms with Gasteiger partial charge in [0.15, 0.2) is 0 Å². The number of likely N-dealkylation sites (tertiary alicyclic amines) is 1. The monoisotopic (exact) mass is 374 g/mol. The maximum Gasteiger partial charge on any atom is 0.416 e. The number of rotatable bonds is 7. The molecule has 2 amide bonds. The number of amides is 2. The molecule has 8 nitrogen and oxygen atoms in total. The van der Waals surface area contributed by atoms with Crippen LogP contribution in [0.4, 0.5) is 24.5 Å². The van der Waals surface area contributed by atoms with Crippen molar-refractivity contribution in [2.75, 3.05) is 31.5 Å². The third kappa shape index (κ3) is 5.07. The summed E-state index contributed by atoms with van der Waals surface area (Å²) >= 11 is 0. The van der Waals surface area contributed by atoms with Gasteiger partial charge in [-0.3, -0.25) is 19.7 Å². The summed E-state index contributed by atoms with van der Waals surface area (Å²) < 4.78 is 37.9. The third-order valence-corrected chi connectivity index (χ3v) is 3.79. The summed E-state index contributed by atoms with van der Waals surface area (Å²) in [4.78, 5) is 34.6. The van der Waals surface area contributed by atoms with E-state index in [0.717, 1.165) is 12.1 Å². The molecule has 1 aromatic rings. The SMILES string of the molecule is O=C(CN1CCCC1=O)NCCNc1ccc(C(F)(F)F)cc1[N+](=O)[O-]. The molecule has 0 radical (unpaired) electrons. The summed E-state index contributed by atoms with van der Waals surface area (Å²) in [6.45, 7) is 0.645. The molecule has 1 fully saturated rings. The first-order valence-corrected chi connectivity index (χ1v) is 7.82. The van der Waals surface area contributed by atoms with Crippen LogP contribution in [0.5, 0.6) is 0 Å². The summed E-state index contributed by atoms with van der Waals surface area (Å²) in [5.41, 5.74) is -1.89. The van der Waals surface area contributed by atoms with Crippen molar-refractivity contribution in [3.63, 3.8) is 0 Å². The van der Waals surface area contributed by atoms with Gasteiger partial charge in [-0.05, 0) is 18.6 Å². The average molecular weight is 374 g/mol. The Morgan fingerprint density at radius 1 is 1.31 bits per heavy atom. The molecular formula is C15H17F3N4O4. The van der Waals surface area contributed by atoms with Crippen molar-refractivity contribution in [3.05, 3.63) is 33.9 Å². The van der Waals surface area contributed by atoms with Crippen LogP contribution in [-0.2, 0) is 15.8 Å². The summed E-state index contributed by atoms with van der Waals surface area (Å²) in [6.07, 6.45) is -3.54. The minimum Gasteiger partial charge on any atom is -0.378 e. The second-order valence-electron chi connectivity index (χ2n) is 5.68. The van der Waals surface area contributed by atoms with E-state index >= 15 is 0 Å². The van der Waals surface area contributed by atoms with E-state index in [-0.39, 0.29) is 37.1 Å². The number of nitro groups is 1. The van der Waals surface area contributed by atoms with Gasteiger partial charge in [-0.2, -0.15) is 13.2 Å². The highest BCUT2D eigenvalue weighted by atomic mass is 19.4. The number of anilines is 1. The zero-order valence-electron chi connectivity index (χ0n) is 13.6. The van der Waals surface area contributed by atoms with Gasteiger partial charge in [-0.1, -0.05) is 0 Å². The van der Waals surface area contributed by atoms with Crippen LogP contribution in [-0.4, -0.2) is 47.8 Å². The number of halogens is 3. The van der Waals surface area contributed by atoms with Crippen molar-refractivity contribution in [3.8, 4) is 0 Å². The van der Waals surface area contributed by atoms with Gasteiger partial charge in [-0.25, -0.2) is 0 Å². The minimum atomic E-state index is -4.68. The largest absolute Gasteiger partial charge is 0.416 e. The smallest absolute Gasteiger partial charge is 0.378 e. The summed E-state index contributed by atoms with van der Waals surface area (Å²) in [5, 5.41) is 16.1. The molecular weight excluding hydrogens is 357 g/mol. The highest BCUT2D eigenvalue weighted by Crippen LogP contribution is 2.34. The average Bonchev–Trinajstić information content (AvgIpc) is 2.95. The molecule has 0 atom stereocenters. The number of hydrogen-bond acceptors (Lipinski definition) is 5. The van der Waals surface area contributed by atoms with Crippen LogP contribution >= 0.6 is 0 Å². The zero-order chi connectivity index (χ0) is 19.3. The quantitative estimate of drug-likeness (QED) is 0.430. The Bertz CT molecular complexity index is 709. The summed E-state index contributed by atoms with van der Waals surface area (Å²) in [5.74, 6) is -0.456. The standard InChI is InChI=1S/C15H17F3N4O4/c16-15(17,18)10-3-4-11(12(8-10)22(25)26)19-5-6-20-13(23)9-21-7-1-2-14(21)24/h3-4,8,19H,1-2,5-7,9H2,(H,20,23). The Hall–Kier alpha value is -2.85. The van der Waals surface area contributed by atoms with Crippen LogP contribution in [0.1, 0.15) is 18.4 Å². The van der Waals surface area contributed by atoms with Crippen LogP contribution in [0.3, 0.4) is 0 Å². The number of nitrogens with one attached hydrogen (secondary N) is 2. The minimum absolute atomic E-state index is 0.0563. The molecule has 0 spiro atoms. The van der Waals surface area contributed by atoms with E-state index < -0.39 is 22.4 Å². The summed E-state index contributed by atoms with van der Waals surface area (Å²) in [7, 11) is 0. The molecule has 1 heterocycles. The number of carbonyl (C=O) groups is 2. The van der Waals surface area contributed by atoms with Crippen molar-refractivity contribution in [1.29, 1.82) is 0 Å². The van der Waals surface area contributed by atoms with Gasteiger partial charge in [0.2, 0.25) is 11.8 Å². The van der Waals surface area contributed by atoms with Gasteiger partial charge >= 0.3 is 6.18 Å². The van der Waals surface area contributed by atoms with Crippen LogP contribution in [0, 0.1) is 10.1 Å². The predicted octanol–water partition coefficient (Wildman–Crippen LogP) is 1.76. The molecule has 1 saturated heterocycles. The maximum atomic E-state index is 12.6. The molecule has 2 N–H and O–H groups in total. The van der Waals surface area contributed by atoms with Crippen molar-refractivity contribution in [1.82, 2.24) is 10.2 Å². The van der Waals surface area contributed by atoms with Crippen LogP contribution in [0.25, 0.3) is 0 Å². The van der Waals surface area contributed by atoms with Crippen molar-refractivity contribution < 1.29 is 27.7 Å². The number of nitro benzene ring substituents is 1. The Labute approximate surface area is 146 Å². The fourth-order valence-corrected chi connectivity index (χ4v) is 2.51. The first-order valence-electron chi connectivity index (χ1n) is 7.82. The van der Waals surface area contributed by atoms with Crippen molar-refractivity contribution in [2.45, 2.75) is 19.0 Å². The molecule has 11 heteroatoms. The molecule has 1 aliphatic rings. The maximum absolute atomic E-state index is 12.6. The fraction of sp³-hybridized carbons (Fsp3) is 0.467. The molecule has 1 aliphatic heterocycles. The third-order valence-electron chi connectivity index (χ3n) is 3.79. The Morgan fingerprint density at radius 3 is 2.62 bits per heavy atom. The van der Waals surface area contributed by atoms with E-state index in [4.69, 9.17) is 0 Å². The number of hydrogen-bond donors (Lipinski definition) is 2. The first kappa shape index (κ1) is 19.5. The van der Waals surface area contributed by atoms with E-state index in [9.17, 15) is 32.9 Å². The van der Waals surface area contributed by atoms with E-state index in [1.54, 1.807) is 0 Å². The molecule has 26 heavy (non-hydrogen) atoms. The van der Waals surface area contributed by atoms with Crippen LogP contribution in [0.2, 0.25) is 0 Å². The number of nitrogens with zero attached hydrogens (tertiary/aromatic N) is 2. The molecule has 2 rings (SSSR count). The lowest BCUT2D eigenvalue weighted by Gasteiger charge is -2.15. The first-order chi connectivity index (χ1) is 12.2. The van der Waals surface area contributed by atoms with E-state index in [1.165, 1.54) is 4.90 Å². The highest BCUT2D eigenvalue weighted by molar-refractivity contribution is 5.85. The molecule has 1 aromatic carbocycles. The fourth-order valence-electron chi connectivity index (χ4n) is 2.51. The molecule has 0 aromatic heterocycles. The molecule has 0 unspecified atom stereocenters. The number of alkyl halides is 3. The topological polar surface area (TPSA) is 105 Å². The molecule has 142 valence electrons. The van der Waals surface area contributed by atoms with Crippen molar-refractivity contribution in [2.24, 2.45) is 0 Å². The van der Waals surface area contributed by atoms with Crippen LogP contribution < -0.4 is 10.6 Å². The molecule has 0 aliphatic carbocycles. The highest BCUT2D eigenvalue weighted by Gasteiger charge is 2.33. The van der Waals surface area contributed by atoms with Gasteiger partial charge < -0.3 is 15.5 Å². The predicted molar refractivity (Wildman–Crippen MR) is 85.4 cm³/mol. The second-order valence-corrected chi connectivity index (χ2v) is 5.68. The molecule has 0 saturated carbocycles. The lowest BCUT2D eigenvalue weighted by Crippen LogP contribution is -2.39. The van der Waals surface area contributed by atoms with Crippen LogP contribution in [0.15, 0.2) is 18.2 Å². The number of benzene rings is 1. The van der Waals surface area contributed by atoms with E-state index in [2.05, 4.69) is 10.6 Å². The summed E-state index contributed by atoms with van der Waals surface area (Å²) in [6, 6.07) is 2.18. The van der Waals surface area contributed by atoms with Gasteiger partial charge in [-0.15, -0.1) is 0 Å². The lowest BCUT2D eigenvalue weighted by molar-refractivity contribution is -0.384. The van der Waals surface area contributed by atoms with Gasteiger partial charge in [0.25, 0.3) is 5.69 Å². The van der Waals surface area contributed by atoms with Gasteiger partial charge in [0.05, 0.1) is 17.0 Å². The van der Waals surface area contributed by atoms with E-state index in [1.807, 2.05) is 0 Å². The lowest BCUT2D eigenvalue weighted by atomic mass is 10.1.